The first-order valence-electron chi connectivity index (χ1n) is 8.74. The van der Waals surface area contributed by atoms with Crippen LogP contribution in [-0.4, -0.2) is 25.9 Å². The highest BCUT2D eigenvalue weighted by Gasteiger charge is 2.26. The largest absolute Gasteiger partial charge is 0.296 e. The van der Waals surface area contributed by atoms with Crippen molar-refractivity contribution < 1.29 is 25.9 Å². The van der Waals surface area contributed by atoms with Crippen molar-refractivity contribution in [1.29, 1.82) is 0 Å². The molecule has 0 bridgehead atoms. The van der Waals surface area contributed by atoms with Gasteiger partial charge >= 0.3 is 0 Å². The highest BCUT2D eigenvalue weighted by Crippen LogP contribution is 2.26. The van der Waals surface area contributed by atoms with Gasteiger partial charge in [0.25, 0.3) is 20.2 Å². The Kier molecular flexibility index (Phi) is 9.06. The van der Waals surface area contributed by atoms with Crippen LogP contribution in [0.4, 0.5) is 0 Å². The molecule has 0 amide bonds. The van der Waals surface area contributed by atoms with Crippen LogP contribution < -0.4 is 0 Å². The summed E-state index contributed by atoms with van der Waals surface area (Å²) < 4.78 is 64.4. The van der Waals surface area contributed by atoms with Crippen LogP contribution in [0.3, 0.4) is 0 Å². The quantitative estimate of drug-likeness (QED) is 0.406. The van der Waals surface area contributed by atoms with Crippen LogP contribution in [-0.2, 0) is 26.7 Å². The van der Waals surface area contributed by atoms with Crippen molar-refractivity contribution in [3.8, 4) is 0 Å². The van der Waals surface area contributed by atoms with Gasteiger partial charge in [0.1, 0.15) is 9.79 Å². The van der Waals surface area contributed by atoms with Crippen LogP contribution in [0.1, 0.15) is 70.3 Å². The Hall–Kier alpha value is -0.960. The lowest BCUT2D eigenvalue weighted by Crippen LogP contribution is -2.11. The molecule has 0 aliphatic carbocycles. The van der Waals surface area contributed by atoms with Crippen LogP contribution in [0.2, 0.25) is 0 Å². The molecule has 0 aliphatic heterocycles. The molecule has 8 heteroatoms. The molecule has 1 rings (SSSR count). The smallest absolute Gasteiger partial charge is 0.282 e. The lowest BCUT2D eigenvalue weighted by molar-refractivity contribution is 0.464. The first-order chi connectivity index (χ1) is 11.7. The van der Waals surface area contributed by atoms with Gasteiger partial charge in [0.15, 0.2) is 0 Å². The molecular formula is C17H28O6S2. The van der Waals surface area contributed by atoms with Gasteiger partial charge < -0.3 is 0 Å². The Morgan fingerprint density at radius 3 is 1.76 bits per heavy atom. The van der Waals surface area contributed by atoms with Gasteiger partial charge in [-0.1, -0.05) is 70.4 Å². The molecule has 0 aromatic heterocycles. The van der Waals surface area contributed by atoms with E-state index in [-0.39, 0.29) is 5.56 Å². The molecule has 1 aromatic rings. The van der Waals surface area contributed by atoms with Gasteiger partial charge in [-0.15, -0.1) is 0 Å². The molecule has 0 atom stereocenters. The van der Waals surface area contributed by atoms with E-state index >= 15 is 0 Å². The molecule has 6 nitrogen and oxygen atoms in total. The number of benzene rings is 1. The summed E-state index contributed by atoms with van der Waals surface area (Å²) in [4.78, 5) is -1.49. The minimum Gasteiger partial charge on any atom is -0.282 e. The van der Waals surface area contributed by atoms with E-state index in [9.17, 15) is 25.9 Å². The number of hydrogen-bond donors (Lipinski definition) is 2. The summed E-state index contributed by atoms with van der Waals surface area (Å²) >= 11 is 0. The Morgan fingerprint density at radius 2 is 1.28 bits per heavy atom. The third-order valence-electron chi connectivity index (χ3n) is 4.15. The molecule has 0 radical (unpaired) electrons. The SMILES string of the molecule is CCCCCCCCCCCc1cccc(S(=O)(=O)O)c1S(=O)(=O)O. The van der Waals surface area contributed by atoms with E-state index in [2.05, 4.69) is 6.92 Å². The van der Waals surface area contributed by atoms with E-state index in [0.717, 1.165) is 25.3 Å². The molecule has 0 saturated carbocycles. The third-order valence-corrected chi connectivity index (χ3v) is 6.17. The molecule has 0 fully saturated rings. The Labute approximate surface area is 151 Å². The fourth-order valence-electron chi connectivity index (χ4n) is 2.88. The average molecular weight is 393 g/mol. The zero-order valence-electron chi connectivity index (χ0n) is 14.6. The van der Waals surface area contributed by atoms with Gasteiger partial charge in [0, 0.05) is 0 Å². The molecule has 25 heavy (non-hydrogen) atoms. The summed E-state index contributed by atoms with van der Waals surface area (Å²) in [5, 5.41) is 0. The number of rotatable bonds is 12. The predicted molar refractivity (Wildman–Crippen MR) is 97.0 cm³/mol. The van der Waals surface area contributed by atoms with E-state index in [0.29, 0.717) is 12.8 Å². The molecule has 0 heterocycles. The summed E-state index contributed by atoms with van der Waals surface area (Å²) in [6.45, 7) is 2.18. The van der Waals surface area contributed by atoms with Gasteiger partial charge in [-0.05, 0) is 24.5 Å². The second kappa shape index (κ2) is 10.3. The van der Waals surface area contributed by atoms with E-state index < -0.39 is 30.0 Å². The highest BCUT2D eigenvalue weighted by molar-refractivity contribution is 7.89. The Morgan fingerprint density at radius 1 is 0.760 bits per heavy atom. The highest BCUT2D eigenvalue weighted by atomic mass is 32.2. The van der Waals surface area contributed by atoms with Crippen LogP contribution >= 0.6 is 0 Å². The maximum Gasteiger partial charge on any atom is 0.296 e. The zero-order chi connectivity index (χ0) is 18.9. The van der Waals surface area contributed by atoms with E-state index in [1.165, 1.54) is 44.2 Å². The Bertz CT molecular complexity index is 738. The summed E-state index contributed by atoms with van der Waals surface area (Å²) in [5.41, 5.74) is 0.209. The summed E-state index contributed by atoms with van der Waals surface area (Å²) in [6, 6.07) is 3.79. The second-order valence-electron chi connectivity index (χ2n) is 6.27. The lowest BCUT2D eigenvalue weighted by atomic mass is 10.0. The van der Waals surface area contributed by atoms with Gasteiger partial charge in [-0.25, -0.2) is 0 Å². The van der Waals surface area contributed by atoms with E-state index in [1.54, 1.807) is 0 Å². The number of aryl methyl sites for hydroxylation is 1. The summed E-state index contributed by atoms with van der Waals surface area (Å²) in [6.07, 6.45) is 10.2. The monoisotopic (exact) mass is 392 g/mol. The molecule has 0 spiro atoms. The minimum atomic E-state index is -4.75. The van der Waals surface area contributed by atoms with Crippen LogP contribution in [0.25, 0.3) is 0 Å². The molecule has 1 aromatic carbocycles. The second-order valence-corrected chi connectivity index (χ2v) is 9.02. The van der Waals surface area contributed by atoms with E-state index in [1.807, 2.05) is 0 Å². The van der Waals surface area contributed by atoms with Crippen molar-refractivity contribution in [1.82, 2.24) is 0 Å². The van der Waals surface area contributed by atoms with E-state index in [4.69, 9.17) is 0 Å². The molecule has 0 unspecified atom stereocenters. The standard InChI is InChI=1S/C17H28O6S2/c1-2-3-4-5-6-7-8-9-10-12-15-13-11-14-16(24(18,19)20)17(15)25(21,22)23/h11,13-14H,2-10,12H2,1H3,(H,18,19,20)(H,21,22,23). The third kappa shape index (κ3) is 7.85. The fraction of sp³-hybridized carbons (Fsp3) is 0.647. The van der Waals surface area contributed by atoms with Crippen molar-refractivity contribution in [2.75, 3.05) is 0 Å². The summed E-state index contributed by atoms with van der Waals surface area (Å²) in [7, 11) is -9.48. The molecule has 0 saturated heterocycles. The number of hydrogen-bond acceptors (Lipinski definition) is 4. The van der Waals surface area contributed by atoms with Crippen LogP contribution in [0, 0.1) is 0 Å². The van der Waals surface area contributed by atoms with Crippen molar-refractivity contribution in [2.24, 2.45) is 0 Å². The molecule has 2 N–H and O–H groups in total. The minimum absolute atomic E-state index is 0.209. The topological polar surface area (TPSA) is 109 Å². The van der Waals surface area contributed by atoms with Gasteiger partial charge in [0.05, 0.1) is 0 Å². The van der Waals surface area contributed by atoms with Gasteiger partial charge in [-0.3, -0.25) is 9.11 Å². The lowest BCUT2D eigenvalue weighted by Gasteiger charge is -2.10. The van der Waals surface area contributed by atoms with Crippen molar-refractivity contribution in [3.05, 3.63) is 23.8 Å². The Balaban J connectivity index is 2.62. The first-order valence-corrected chi connectivity index (χ1v) is 11.6. The van der Waals surface area contributed by atoms with Crippen molar-refractivity contribution in [2.45, 2.75) is 80.9 Å². The van der Waals surface area contributed by atoms with Gasteiger partial charge in [0.2, 0.25) is 0 Å². The maximum atomic E-state index is 11.6. The van der Waals surface area contributed by atoms with Crippen molar-refractivity contribution in [3.63, 3.8) is 0 Å². The molecule has 144 valence electrons. The maximum absolute atomic E-state index is 11.6. The predicted octanol–water partition coefficient (Wildman–Crippen LogP) is 4.25. The van der Waals surface area contributed by atoms with Crippen LogP contribution in [0.5, 0.6) is 0 Å². The summed E-state index contributed by atoms with van der Waals surface area (Å²) in [5.74, 6) is 0. The van der Waals surface area contributed by atoms with Crippen LogP contribution in [0.15, 0.2) is 28.0 Å². The normalized spacial score (nSPS) is 12.4. The molecule has 0 aliphatic rings. The van der Waals surface area contributed by atoms with Crippen molar-refractivity contribution >= 4 is 20.2 Å². The fourth-order valence-corrected chi connectivity index (χ4v) is 4.95. The van der Waals surface area contributed by atoms with Gasteiger partial charge in [-0.2, -0.15) is 16.8 Å². The molecular weight excluding hydrogens is 364 g/mol. The zero-order valence-corrected chi connectivity index (χ0v) is 16.3. The first kappa shape index (κ1) is 22.1. The average Bonchev–Trinajstić information content (AvgIpc) is 2.51. The number of unbranched alkanes of at least 4 members (excludes halogenated alkanes) is 8.